The lowest BCUT2D eigenvalue weighted by Crippen LogP contribution is -2.29. The molecule has 6 nitrogen and oxygen atoms in total. The molecule has 0 saturated heterocycles. The number of hydrazone groups is 1. The molecule has 1 atom stereocenters. The van der Waals surface area contributed by atoms with Gasteiger partial charge in [0, 0.05) is 28.4 Å². The first kappa shape index (κ1) is 23.4. The van der Waals surface area contributed by atoms with E-state index in [1.165, 1.54) is 12.1 Å². The van der Waals surface area contributed by atoms with Crippen LogP contribution in [0.25, 0.3) is 0 Å². The Labute approximate surface area is 198 Å². The number of carbonyl (C=O) groups excluding carboxylic acids is 1. The third-order valence-corrected chi connectivity index (χ3v) is 5.54. The van der Waals surface area contributed by atoms with Gasteiger partial charge in [0.1, 0.15) is 5.75 Å². The highest BCUT2D eigenvalue weighted by Gasteiger charge is 2.30. The first-order chi connectivity index (χ1) is 16.2. The van der Waals surface area contributed by atoms with Crippen molar-refractivity contribution in [3.63, 3.8) is 0 Å². The number of alkyl halides is 3. The van der Waals surface area contributed by atoms with Crippen LogP contribution in [0.2, 0.25) is 5.02 Å². The van der Waals surface area contributed by atoms with Crippen LogP contribution in [0.4, 0.5) is 29.3 Å². The molecule has 10 heteroatoms. The van der Waals surface area contributed by atoms with E-state index in [1.54, 1.807) is 19.2 Å². The lowest BCUT2D eigenvalue weighted by atomic mass is 9.92. The minimum atomic E-state index is -4.45. The summed E-state index contributed by atoms with van der Waals surface area (Å²) in [5.41, 5.74) is 4.97. The van der Waals surface area contributed by atoms with Gasteiger partial charge in [-0.2, -0.15) is 18.3 Å². The van der Waals surface area contributed by atoms with E-state index in [-0.39, 0.29) is 11.7 Å². The number of benzene rings is 3. The largest absolute Gasteiger partial charge is 0.497 e. The minimum Gasteiger partial charge on any atom is -0.497 e. The fraction of sp³-hybridized carbons (Fsp3) is 0.167. The van der Waals surface area contributed by atoms with Crippen molar-refractivity contribution >= 4 is 34.7 Å². The number of nitrogens with one attached hydrogen (secondary N) is 3. The summed E-state index contributed by atoms with van der Waals surface area (Å²) in [5.74, 6) is 0.738. The van der Waals surface area contributed by atoms with Crippen molar-refractivity contribution in [3.8, 4) is 5.75 Å². The van der Waals surface area contributed by atoms with Crippen LogP contribution in [0, 0.1) is 0 Å². The molecule has 0 aromatic heterocycles. The smallest absolute Gasteiger partial charge is 0.416 e. The predicted octanol–water partition coefficient (Wildman–Crippen LogP) is 6.45. The summed E-state index contributed by atoms with van der Waals surface area (Å²) >= 11 is 6.17. The third kappa shape index (κ3) is 5.43. The summed E-state index contributed by atoms with van der Waals surface area (Å²) in [5, 5.41) is 10.7. The predicted molar refractivity (Wildman–Crippen MR) is 126 cm³/mol. The normalized spacial score (nSPS) is 16.4. The maximum Gasteiger partial charge on any atom is 0.416 e. The Morgan fingerprint density at radius 2 is 1.79 bits per heavy atom. The van der Waals surface area contributed by atoms with Gasteiger partial charge in [-0.25, -0.2) is 10.2 Å². The summed E-state index contributed by atoms with van der Waals surface area (Å²) in [7, 11) is 1.60. The molecule has 0 radical (unpaired) electrons. The standard InChI is InChI=1S/C24H20ClF3N4O2/c1-34-18-9-2-14(3-10-18)21-13-22(19-12-16(25)6-11-20(19)30-21)31-32-23(33)29-17-7-4-15(5-8-17)24(26,27)28/h2-12,21,30H,13H2,1H3,(H2,29,32,33). The summed E-state index contributed by atoms with van der Waals surface area (Å²) in [4.78, 5) is 12.3. The summed E-state index contributed by atoms with van der Waals surface area (Å²) < 4.78 is 43.4. The molecule has 1 aliphatic rings. The zero-order valence-corrected chi connectivity index (χ0v) is 18.7. The number of carbonyl (C=O) groups is 1. The Morgan fingerprint density at radius 1 is 1.09 bits per heavy atom. The minimum absolute atomic E-state index is 0.113. The van der Waals surface area contributed by atoms with Gasteiger partial charge in [-0.3, -0.25) is 0 Å². The van der Waals surface area contributed by atoms with Gasteiger partial charge >= 0.3 is 12.2 Å². The zero-order valence-electron chi connectivity index (χ0n) is 17.9. The lowest BCUT2D eigenvalue weighted by Gasteiger charge is -2.29. The van der Waals surface area contributed by atoms with Gasteiger partial charge < -0.3 is 15.4 Å². The van der Waals surface area contributed by atoms with E-state index in [4.69, 9.17) is 16.3 Å². The molecule has 1 heterocycles. The van der Waals surface area contributed by atoms with Gasteiger partial charge in [-0.1, -0.05) is 23.7 Å². The van der Waals surface area contributed by atoms with Gasteiger partial charge in [-0.15, -0.1) is 0 Å². The molecule has 0 bridgehead atoms. The molecule has 3 aromatic carbocycles. The highest BCUT2D eigenvalue weighted by Crippen LogP contribution is 2.35. The first-order valence-corrected chi connectivity index (χ1v) is 10.6. The highest BCUT2D eigenvalue weighted by atomic mass is 35.5. The van der Waals surface area contributed by atoms with Gasteiger partial charge in [0.05, 0.1) is 24.4 Å². The van der Waals surface area contributed by atoms with Gasteiger partial charge in [0.25, 0.3) is 0 Å². The van der Waals surface area contributed by atoms with Crippen LogP contribution < -0.4 is 20.8 Å². The summed E-state index contributed by atoms with van der Waals surface area (Å²) in [6, 6.07) is 16.3. The zero-order chi connectivity index (χ0) is 24.3. The number of amides is 2. The summed E-state index contributed by atoms with van der Waals surface area (Å²) in [6.45, 7) is 0. The second-order valence-electron chi connectivity index (χ2n) is 7.56. The number of urea groups is 1. The molecule has 4 rings (SSSR count). The molecule has 34 heavy (non-hydrogen) atoms. The molecule has 0 aliphatic carbocycles. The molecular formula is C24H20ClF3N4O2. The number of hydrogen-bond donors (Lipinski definition) is 3. The first-order valence-electron chi connectivity index (χ1n) is 10.2. The molecule has 1 unspecified atom stereocenters. The molecule has 176 valence electrons. The number of methoxy groups -OCH3 is 1. The van der Waals surface area contributed by atoms with Gasteiger partial charge in [-0.05, 0) is 60.2 Å². The second-order valence-corrected chi connectivity index (χ2v) is 8.00. The van der Waals surface area contributed by atoms with Crippen LogP contribution in [-0.2, 0) is 6.18 Å². The molecule has 0 spiro atoms. The van der Waals surface area contributed by atoms with Crippen LogP contribution in [0.5, 0.6) is 5.75 Å². The van der Waals surface area contributed by atoms with Crippen molar-refractivity contribution in [2.45, 2.75) is 18.6 Å². The van der Waals surface area contributed by atoms with E-state index in [2.05, 4.69) is 21.2 Å². The van der Waals surface area contributed by atoms with Gasteiger partial charge in [0.15, 0.2) is 0 Å². The number of halogens is 4. The number of anilines is 2. The number of ether oxygens (including phenoxy) is 1. The maximum atomic E-state index is 12.7. The Morgan fingerprint density at radius 3 is 2.44 bits per heavy atom. The number of fused-ring (bicyclic) bond motifs is 1. The molecule has 0 fully saturated rings. The monoisotopic (exact) mass is 488 g/mol. The number of nitrogens with zero attached hydrogens (tertiary/aromatic N) is 1. The van der Waals surface area contributed by atoms with Crippen molar-refractivity contribution < 1.29 is 22.7 Å². The lowest BCUT2D eigenvalue weighted by molar-refractivity contribution is -0.137. The van der Waals surface area contributed by atoms with Crippen LogP contribution in [0.3, 0.4) is 0 Å². The van der Waals surface area contributed by atoms with E-state index in [1.807, 2.05) is 30.3 Å². The van der Waals surface area contributed by atoms with Crippen LogP contribution in [0.1, 0.15) is 29.2 Å². The SMILES string of the molecule is COc1ccc(C2CC(=NNC(=O)Nc3ccc(C(F)(F)F)cc3)c3cc(Cl)ccc3N2)cc1. The van der Waals surface area contributed by atoms with Crippen LogP contribution >= 0.6 is 11.6 Å². The summed E-state index contributed by atoms with van der Waals surface area (Å²) in [6.07, 6.45) is -3.99. The molecule has 0 saturated carbocycles. The van der Waals surface area contributed by atoms with E-state index in [0.29, 0.717) is 17.2 Å². The van der Waals surface area contributed by atoms with Crippen LogP contribution in [-0.4, -0.2) is 18.9 Å². The molecule has 3 N–H and O–H groups in total. The molecular weight excluding hydrogens is 469 g/mol. The topological polar surface area (TPSA) is 74.8 Å². The second kappa shape index (κ2) is 9.64. The highest BCUT2D eigenvalue weighted by molar-refractivity contribution is 6.31. The van der Waals surface area contributed by atoms with Gasteiger partial charge in [0.2, 0.25) is 0 Å². The van der Waals surface area contributed by atoms with E-state index < -0.39 is 17.8 Å². The molecule has 1 aliphatic heterocycles. The Bertz CT molecular complexity index is 1210. The quantitative estimate of drug-likeness (QED) is 0.369. The Hall–Kier alpha value is -3.72. The van der Waals surface area contributed by atoms with E-state index in [9.17, 15) is 18.0 Å². The number of hydrogen-bond acceptors (Lipinski definition) is 4. The van der Waals surface area contributed by atoms with E-state index >= 15 is 0 Å². The number of rotatable bonds is 4. The molecule has 2 amide bonds. The fourth-order valence-electron chi connectivity index (χ4n) is 3.59. The molecule has 3 aromatic rings. The maximum absolute atomic E-state index is 12.7. The Kier molecular flexibility index (Phi) is 6.65. The van der Waals surface area contributed by atoms with Crippen molar-refractivity contribution in [1.82, 2.24) is 5.43 Å². The average Bonchev–Trinajstić information content (AvgIpc) is 2.82. The van der Waals surface area contributed by atoms with Crippen molar-refractivity contribution in [2.24, 2.45) is 5.10 Å². The average molecular weight is 489 g/mol. The van der Waals surface area contributed by atoms with Crippen molar-refractivity contribution in [3.05, 3.63) is 88.4 Å². The van der Waals surface area contributed by atoms with Crippen molar-refractivity contribution in [2.75, 3.05) is 17.7 Å². The third-order valence-electron chi connectivity index (χ3n) is 5.30. The van der Waals surface area contributed by atoms with Crippen LogP contribution in [0.15, 0.2) is 71.8 Å². The van der Waals surface area contributed by atoms with E-state index in [0.717, 1.165) is 34.7 Å². The fourth-order valence-corrected chi connectivity index (χ4v) is 3.76. The Balaban J connectivity index is 1.52. The van der Waals surface area contributed by atoms with Crippen molar-refractivity contribution in [1.29, 1.82) is 0 Å².